The second-order valence-corrected chi connectivity index (χ2v) is 19.7. The van der Waals surface area contributed by atoms with Crippen LogP contribution in [0.1, 0.15) is 239 Å². The first-order valence-electron chi connectivity index (χ1n) is 24.6. The monoisotopic (exact) mass is 830 g/mol. The Balaban J connectivity index is 3.93. The molecule has 3 unspecified atom stereocenters. The maximum absolute atomic E-state index is 12.8. The lowest BCUT2D eigenvalue weighted by Crippen LogP contribution is -2.45. The maximum Gasteiger partial charge on any atom is 0.472 e. The number of likely N-dealkylation sites (N-methyl/N-ethyl adjacent to an activating group) is 1. The van der Waals surface area contributed by atoms with Gasteiger partial charge in [0.05, 0.1) is 39.9 Å². The molecule has 1 amide bonds. The Morgan fingerprint density at radius 3 is 1.30 bits per heavy atom. The molecule has 340 valence electrons. The molecule has 0 aliphatic carbocycles. The zero-order valence-corrected chi connectivity index (χ0v) is 39.5. The molecular formula is C48H98N2O6P+. The van der Waals surface area contributed by atoms with E-state index in [2.05, 4.69) is 19.2 Å². The van der Waals surface area contributed by atoms with Crippen LogP contribution in [0.2, 0.25) is 0 Å². The van der Waals surface area contributed by atoms with Crippen molar-refractivity contribution in [1.29, 1.82) is 0 Å². The zero-order chi connectivity index (χ0) is 42.1. The lowest BCUT2D eigenvalue weighted by molar-refractivity contribution is -0.870. The highest BCUT2D eigenvalue weighted by molar-refractivity contribution is 7.47. The van der Waals surface area contributed by atoms with E-state index in [1.807, 2.05) is 27.2 Å². The van der Waals surface area contributed by atoms with E-state index in [1.165, 1.54) is 180 Å². The van der Waals surface area contributed by atoms with Crippen molar-refractivity contribution in [2.75, 3.05) is 40.9 Å². The number of hydrogen-bond donors (Lipinski definition) is 3. The van der Waals surface area contributed by atoms with Crippen molar-refractivity contribution < 1.29 is 32.9 Å². The van der Waals surface area contributed by atoms with Gasteiger partial charge in [0.1, 0.15) is 13.2 Å². The lowest BCUT2D eigenvalue weighted by Gasteiger charge is -2.25. The van der Waals surface area contributed by atoms with Crippen LogP contribution >= 0.6 is 7.82 Å². The Labute approximate surface area is 354 Å². The summed E-state index contributed by atoms with van der Waals surface area (Å²) < 4.78 is 23.5. The highest BCUT2D eigenvalue weighted by Crippen LogP contribution is 2.43. The van der Waals surface area contributed by atoms with Gasteiger partial charge in [0, 0.05) is 6.42 Å². The van der Waals surface area contributed by atoms with Crippen LogP contribution in [0.3, 0.4) is 0 Å². The molecule has 0 heterocycles. The van der Waals surface area contributed by atoms with Crippen LogP contribution in [0, 0.1) is 0 Å². The van der Waals surface area contributed by atoms with Crippen molar-refractivity contribution >= 4 is 13.7 Å². The van der Waals surface area contributed by atoms with Crippen LogP contribution in [-0.2, 0) is 18.4 Å². The van der Waals surface area contributed by atoms with E-state index in [0.717, 1.165) is 38.5 Å². The average Bonchev–Trinajstić information content (AvgIpc) is 3.16. The van der Waals surface area contributed by atoms with Gasteiger partial charge in [0.2, 0.25) is 5.91 Å². The SMILES string of the molecule is CCCCCCC/C=C/C(O)C(COP(=O)(O)OCC[N+](C)(C)C)NC(=O)CCCCCCCCCCCCCCCCCCCCCCCCCCCCCC. The van der Waals surface area contributed by atoms with Crippen molar-refractivity contribution in [1.82, 2.24) is 5.32 Å². The molecule has 0 radical (unpaired) electrons. The Hall–Kier alpha value is -0.760. The Morgan fingerprint density at radius 1 is 0.579 bits per heavy atom. The molecule has 0 saturated heterocycles. The largest absolute Gasteiger partial charge is 0.472 e. The summed E-state index contributed by atoms with van der Waals surface area (Å²) in [6.07, 6.45) is 47.6. The summed E-state index contributed by atoms with van der Waals surface area (Å²) in [4.78, 5) is 23.0. The topological polar surface area (TPSA) is 105 Å². The van der Waals surface area contributed by atoms with Crippen LogP contribution in [0.5, 0.6) is 0 Å². The molecule has 0 rings (SSSR count). The minimum atomic E-state index is -4.32. The number of unbranched alkanes of at least 4 members (excludes halogenated alkanes) is 32. The smallest absolute Gasteiger partial charge is 0.387 e. The van der Waals surface area contributed by atoms with Crippen molar-refractivity contribution in [2.45, 2.75) is 251 Å². The average molecular weight is 830 g/mol. The van der Waals surface area contributed by atoms with Crippen LogP contribution in [0.25, 0.3) is 0 Å². The highest BCUT2D eigenvalue weighted by Gasteiger charge is 2.27. The molecule has 0 aromatic carbocycles. The number of carbonyl (C=O) groups is 1. The summed E-state index contributed by atoms with van der Waals surface area (Å²) in [6, 6.07) is -0.838. The summed E-state index contributed by atoms with van der Waals surface area (Å²) in [5.74, 6) is -0.177. The normalized spacial score (nSPS) is 14.3. The Kier molecular flexibility index (Phi) is 40.1. The van der Waals surface area contributed by atoms with Gasteiger partial charge in [0.15, 0.2) is 0 Å². The Bertz CT molecular complexity index is 942. The number of hydrogen-bond acceptors (Lipinski definition) is 5. The van der Waals surface area contributed by atoms with Crippen LogP contribution in [-0.4, -0.2) is 73.4 Å². The van der Waals surface area contributed by atoms with Gasteiger partial charge in [-0.15, -0.1) is 0 Å². The van der Waals surface area contributed by atoms with Gasteiger partial charge in [-0.25, -0.2) is 4.57 Å². The first kappa shape index (κ1) is 56.2. The number of nitrogens with zero attached hydrogens (tertiary/aromatic N) is 1. The van der Waals surface area contributed by atoms with E-state index in [9.17, 15) is 19.4 Å². The number of carbonyl (C=O) groups excluding carboxylic acids is 1. The molecule has 0 aliphatic heterocycles. The van der Waals surface area contributed by atoms with Crippen LogP contribution in [0.15, 0.2) is 12.2 Å². The number of aliphatic hydroxyl groups excluding tert-OH is 1. The van der Waals surface area contributed by atoms with Crippen molar-refractivity contribution in [2.24, 2.45) is 0 Å². The van der Waals surface area contributed by atoms with Crippen LogP contribution in [0.4, 0.5) is 0 Å². The standard InChI is InChI=1S/C48H97N2O6P/c1-6-8-10-12-14-15-16-17-18-19-20-21-22-23-24-25-26-27-28-29-30-31-32-33-34-36-38-40-42-48(52)49-46(47(51)41-39-37-35-13-11-9-7-2)45-56-57(53,54)55-44-43-50(3,4)5/h39,41,46-47,51H,6-38,40,42-45H2,1-5H3,(H-,49,52,53,54)/p+1/b41-39+. The molecule has 0 bridgehead atoms. The Morgan fingerprint density at radius 2 is 0.930 bits per heavy atom. The third-order valence-electron chi connectivity index (χ3n) is 11.3. The number of phosphoric ester groups is 1. The fraction of sp³-hybridized carbons (Fsp3) is 0.938. The molecule has 0 spiro atoms. The molecule has 0 aliphatic rings. The molecule has 8 nitrogen and oxygen atoms in total. The zero-order valence-electron chi connectivity index (χ0n) is 38.6. The van der Waals surface area contributed by atoms with Crippen molar-refractivity contribution in [3.8, 4) is 0 Å². The van der Waals surface area contributed by atoms with E-state index in [4.69, 9.17) is 9.05 Å². The van der Waals surface area contributed by atoms with E-state index in [0.29, 0.717) is 17.4 Å². The van der Waals surface area contributed by atoms with E-state index in [1.54, 1.807) is 6.08 Å². The van der Waals surface area contributed by atoms with Gasteiger partial charge < -0.3 is 19.8 Å². The second-order valence-electron chi connectivity index (χ2n) is 18.2. The molecule has 0 aromatic rings. The predicted octanol–water partition coefficient (Wildman–Crippen LogP) is 13.9. The third-order valence-corrected chi connectivity index (χ3v) is 12.2. The summed E-state index contributed by atoms with van der Waals surface area (Å²) in [5.41, 5.74) is 0. The van der Waals surface area contributed by atoms with Gasteiger partial charge in [-0.1, -0.05) is 225 Å². The minimum Gasteiger partial charge on any atom is -0.387 e. The summed E-state index contributed by atoms with van der Waals surface area (Å²) in [6.45, 7) is 4.78. The molecule has 57 heavy (non-hydrogen) atoms. The third kappa shape index (κ3) is 43.1. The summed E-state index contributed by atoms with van der Waals surface area (Å²) in [7, 11) is 1.58. The highest BCUT2D eigenvalue weighted by atomic mass is 31.2. The van der Waals surface area contributed by atoms with Gasteiger partial charge >= 0.3 is 7.82 Å². The van der Waals surface area contributed by atoms with Crippen molar-refractivity contribution in [3.63, 3.8) is 0 Å². The summed E-state index contributed by atoms with van der Waals surface area (Å²) in [5, 5.41) is 13.7. The van der Waals surface area contributed by atoms with E-state index >= 15 is 0 Å². The lowest BCUT2D eigenvalue weighted by atomic mass is 10.0. The van der Waals surface area contributed by atoms with E-state index < -0.39 is 20.0 Å². The number of phosphoric acid groups is 1. The maximum atomic E-state index is 12.8. The first-order valence-corrected chi connectivity index (χ1v) is 26.1. The number of rotatable bonds is 45. The molecule has 0 aromatic heterocycles. The fourth-order valence-electron chi connectivity index (χ4n) is 7.34. The summed E-state index contributed by atoms with van der Waals surface area (Å²) >= 11 is 0. The molecule has 0 saturated carbocycles. The number of amides is 1. The van der Waals surface area contributed by atoms with Gasteiger partial charge in [-0.2, -0.15) is 0 Å². The first-order chi connectivity index (χ1) is 27.5. The molecule has 9 heteroatoms. The number of aliphatic hydroxyl groups is 1. The molecular weight excluding hydrogens is 732 g/mol. The molecule has 3 atom stereocenters. The second kappa shape index (κ2) is 40.6. The predicted molar refractivity (Wildman–Crippen MR) is 245 cm³/mol. The van der Waals surface area contributed by atoms with Gasteiger partial charge in [-0.05, 0) is 19.3 Å². The van der Waals surface area contributed by atoms with Crippen molar-refractivity contribution in [3.05, 3.63) is 12.2 Å². The number of nitrogens with one attached hydrogen (secondary N) is 1. The van der Waals surface area contributed by atoms with Crippen LogP contribution < -0.4 is 5.32 Å². The minimum absolute atomic E-state index is 0.0639. The van der Waals surface area contributed by atoms with Gasteiger partial charge in [-0.3, -0.25) is 13.8 Å². The molecule has 3 N–H and O–H groups in total. The fourth-order valence-corrected chi connectivity index (χ4v) is 8.07. The quantitative estimate of drug-likeness (QED) is 0.0244. The van der Waals surface area contributed by atoms with E-state index in [-0.39, 0.29) is 19.1 Å². The van der Waals surface area contributed by atoms with Gasteiger partial charge in [0.25, 0.3) is 0 Å². The number of allylic oxidation sites excluding steroid dienone is 1. The molecule has 0 fully saturated rings. The number of quaternary nitrogens is 1.